The van der Waals surface area contributed by atoms with E-state index in [1.807, 2.05) is 4.90 Å². The van der Waals surface area contributed by atoms with Crippen molar-refractivity contribution in [3.8, 4) is 0 Å². The number of rotatable bonds is 5. The van der Waals surface area contributed by atoms with E-state index in [2.05, 4.69) is 15.3 Å². The molecule has 0 saturated carbocycles. The number of aromatic nitrogens is 2. The fourth-order valence-electron chi connectivity index (χ4n) is 3.95. The SMILES string of the molecule is Cc1ccc(CNC(=O)C2CCN(c3cc4nc[nH]c(=O)c4cc3[N+](=O)[O-])CC2)cc1F. The van der Waals surface area contributed by atoms with E-state index >= 15 is 0 Å². The van der Waals surface area contributed by atoms with Crippen LogP contribution < -0.4 is 15.8 Å². The third-order valence-electron chi connectivity index (χ3n) is 5.84. The minimum absolute atomic E-state index is 0.119. The van der Waals surface area contributed by atoms with Crippen LogP contribution in [0.2, 0.25) is 0 Å². The molecular formula is C22H22FN5O4. The number of nitro benzene ring substituents is 1. The number of halogens is 1. The maximum Gasteiger partial charge on any atom is 0.293 e. The van der Waals surface area contributed by atoms with Crippen LogP contribution in [0.3, 0.4) is 0 Å². The molecule has 4 rings (SSSR count). The van der Waals surface area contributed by atoms with Crippen LogP contribution in [0.1, 0.15) is 24.0 Å². The summed E-state index contributed by atoms with van der Waals surface area (Å²) < 4.78 is 13.7. The van der Waals surface area contributed by atoms with E-state index < -0.39 is 10.5 Å². The van der Waals surface area contributed by atoms with Gasteiger partial charge in [0.1, 0.15) is 11.5 Å². The van der Waals surface area contributed by atoms with Gasteiger partial charge in [-0.3, -0.25) is 19.7 Å². The van der Waals surface area contributed by atoms with E-state index in [1.165, 1.54) is 18.5 Å². The fourth-order valence-corrected chi connectivity index (χ4v) is 3.95. The lowest BCUT2D eigenvalue weighted by Gasteiger charge is -2.32. The zero-order valence-corrected chi connectivity index (χ0v) is 17.4. The first-order valence-electron chi connectivity index (χ1n) is 10.3. The van der Waals surface area contributed by atoms with Crippen LogP contribution in [0.5, 0.6) is 0 Å². The first-order valence-corrected chi connectivity index (χ1v) is 10.3. The average molecular weight is 439 g/mol. The predicted octanol–water partition coefficient (Wildman–Crippen LogP) is 2.81. The van der Waals surface area contributed by atoms with Crippen molar-refractivity contribution in [3.63, 3.8) is 0 Å². The molecule has 2 N–H and O–H groups in total. The van der Waals surface area contributed by atoms with E-state index in [0.29, 0.717) is 48.3 Å². The number of carbonyl (C=O) groups excluding carboxylic acids is 1. The Hall–Kier alpha value is -3.82. The fraction of sp³-hybridized carbons (Fsp3) is 0.318. The summed E-state index contributed by atoms with van der Waals surface area (Å²) in [7, 11) is 0. The van der Waals surface area contributed by atoms with Crippen molar-refractivity contribution in [2.75, 3.05) is 18.0 Å². The van der Waals surface area contributed by atoms with E-state index in [9.17, 15) is 24.1 Å². The number of carbonyl (C=O) groups is 1. The van der Waals surface area contributed by atoms with Crippen LogP contribution in [0.25, 0.3) is 10.9 Å². The molecule has 1 saturated heterocycles. The lowest BCUT2D eigenvalue weighted by Crippen LogP contribution is -2.40. The summed E-state index contributed by atoms with van der Waals surface area (Å²) in [6.45, 7) is 2.83. The molecule has 0 radical (unpaired) electrons. The molecule has 3 aromatic rings. The van der Waals surface area contributed by atoms with Crippen molar-refractivity contribution in [1.82, 2.24) is 15.3 Å². The van der Waals surface area contributed by atoms with E-state index in [0.717, 1.165) is 0 Å². The number of H-pyrrole nitrogens is 1. The van der Waals surface area contributed by atoms with E-state index in [-0.39, 0.29) is 35.3 Å². The van der Waals surface area contributed by atoms with Gasteiger partial charge in [-0.15, -0.1) is 0 Å². The second-order valence-electron chi connectivity index (χ2n) is 7.91. The van der Waals surface area contributed by atoms with Crippen LogP contribution >= 0.6 is 0 Å². The Kier molecular flexibility index (Phi) is 5.85. The monoisotopic (exact) mass is 439 g/mol. The summed E-state index contributed by atoms with van der Waals surface area (Å²) in [5.41, 5.74) is 1.39. The van der Waals surface area contributed by atoms with Gasteiger partial charge in [0.25, 0.3) is 11.2 Å². The highest BCUT2D eigenvalue weighted by atomic mass is 19.1. The normalized spacial score (nSPS) is 14.5. The Morgan fingerprint density at radius 1 is 1.31 bits per heavy atom. The van der Waals surface area contributed by atoms with E-state index in [1.54, 1.807) is 25.1 Å². The largest absolute Gasteiger partial charge is 0.366 e. The highest BCUT2D eigenvalue weighted by Gasteiger charge is 2.29. The Labute approximate surface area is 182 Å². The molecular weight excluding hydrogens is 417 g/mol. The van der Waals surface area contributed by atoms with Crippen molar-refractivity contribution in [3.05, 3.63) is 74.1 Å². The van der Waals surface area contributed by atoms with Gasteiger partial charge in [0.05, 0.1) is 22.2 Å². The van der Waals surface area contributed by atoms with Gasteiger partial charge in [0.15, 0.2) is 0 Å². The summed E-state index contributed by atoms with van der Waals surface area (Å²) >= 11 is 0. The van der Waals surface area contributed by atoms with Crippen molar-refractivity contribution in [2.24, 2.45) is 5.92 Å². The summed E-state index contributed by atoms with van der Waals surface area (Å²) in [6, 6.07) is 7.66. The molecule has 0 unspecified atom stereocenters. The molecule has 32 heavy (non-hydrogen) atoms. The molecule has 1 fully saturated rings. The number of hydrogen-bond donors (Lipinski definition) is 2. The molecule has 2 heterocycles. The van der Waals surface area contributed by atoms with Crippen molar-refractivity contribution in [1.29, 1.82) is 0 Å². The Balaban J connectivity index is 1.44. The van der Waals surface area contributed by atoms with Gasteiger partial charge >= 0.3 is 0 Å². The van der Waals surface area contributed by atoms with Gasteiger partial charge in [-0.05, 0) is 43.0 Å². The van der Waals surface area contributed by atoms with Gasteiger partial charge in [0.2, 0.25) is 5.91 Å². The number of amides is 1. The molecule has 10 heteroatoms. The minimum atomic E-state index is -0.513. The Morgan fingerprint density at radius 3 is 2.75 bits per heavy atom. The van der Waals surface area contributed by atoms with Crippen LogP contribution in [0.4, 0.5) is 15.8 Å². The zero-order chi connectivity index (χ0) is 22.8. The van der Waals surface area contributed by atoms with Crippen molar-refractivity contribution >= 4 is 28.2 Å². The number of piperidine rings is 1. The van der Waals surface area contributed by atoms with Crippen LogP contribution in [-0.4, -0.2) is 33.9 Å². The molecule has 9 nitrogen and oxygen atoms in total. The maximum absolute atomic E-state index is 13.7. The molecule has 0 atom stereocenters. The number of nitrogens with one attached hydrogen (secondary N) is 2. The molecule has 1 amide bonds. The van der Waals surface area contributed by atoms with Gasteiger partial charge in [0, 0.05) is 31.6 Å². The molecule has 1 aliphatic rings. The van der Waals surface area contributed by atoms with Crippen molar-refractivity contribution < 1.29 is 14.1 Å². The average Bonchev–Trinajstić information content (AvgIpc) is 2.79. The summed E-state index contributed by atoms with van der Waals surface area (Å²) in [5, 5.41) is 14.6. The molecule has 1 aromatic heterocycles. The van der Waals surface area contributed by atoms with Gasteiger partial charge in [-0.25, -0.2) is 9.37 Å². The Morgan fingerprint density at radius 2 is 2.06 bits per heavy atom. The number of benzene rings is 2. The number of nitro groups is 1. The van der Waals surface area contributed by atoms with Crippen LogP contribution in [-0.2, 0) is 11.3 Å². The molecule has 1 aliphatic heterocycles. The topological polar surface area (TPSA) is 121 Å². The molecule has 166 valence electrons. The molecule has 2 aromatic carbocycles. The summed E-state index contributed by atoms with van der Waals surface area (Å²) in [6.07, 6.45) is 2.30. The number of aromatic amines is 1. The maximum atomic E-state index is 13.7. The lowest BCUT2D eigenvalue weighted by molar-refractivity contribution is -0.384. The predicted molar refractivity (Wildman–Crippen MR) is 117 cm³/mol. The summed E-state index contributed by atoms with van der Waals surface area (Å²) in [5.74, 6) is -0.660. The number of anilines is 1. The third kappa shape index (κ3) is 4.29. The first kappa shape index (κ1) is 21.4. The number of nitrogens with zero attached hydrogens (tertiary/aromatic N) is 3. The quantitative estimate of drug-likeness (QED) is 0.466. The van der Waals surface area contributed by atoms with Crippen LogP contribution in [0.15, 0.2) is 41.5 Å². The molecule has 0 aliphatic carbocycles. The number of fused-ring (bicyclic) bond motifs is 1. The second-order valence-corrected chi connectivity index (χ2v) is 7.91. The van der Waals surface area contributed by atoms with Crippen LogP contribution in [0, 0.1) is 28.8 Å². The second kappa shape index (κ2) is 8.74. The van der Waals surface area contributed by atoms with Gasteiger partial charge in [-0.1, -0.05) is 12.1 Å². The third-order valence-corrected chi connectivity index (χ3v) is 5.84. The lowest BCUT2D eigenvalue weighted by atomic mass is 9.95. The number of aryl methyl sites for hydroxylation is 1. The number of hydrogen-bond acceptors (Lipinski definition) is 6. The minimum Gasteiger partial charge on any atom is -0.366 e. The first-order chi connectivity index (χ1) is 15.3. The highest BCUT2D eigenvalue weighted by Crippen LogP contribution is 2.34. The van der Waals surface area contributed by atoms with Gasteiger partial charge < -0.3 is 15.2 Å². The Bertz CT molecular complexity index is 1250. The summed E-state index contributed by atoms with van der Waals surface area (Å²) in [4.78, 5) is 44.0. The molecule has 0 bridgehead atoms. The standard InChI is InChI=1S/C22H22FN5O4/c1-13-2-3-14(8-17(13)23)11-24-21(29)15-4-6-27(7-5-15)19-10-18-16(9-20(19)28(31)32)22(30)26-12-25-18/h2-3,8-10,12,15H,4-7,11H2,1H3,(H,24,29)(H,25,26,30). The molecule has 0 spiro atoms. The zero-order valence-electron chi connectivity index (χ0n) is 17.4. The van der Waals surface area contributed by atoms with Gasteiger partial charge in [-0.2, -0.15) is 0 Å². The highest BCUT2D eigenvalue weighted by molar-refractivity contribution is 5.87. The smallest absolute Gasteiger partial charge is 0.293 e. The van der Waals surface area contributed by atoms with Crippen molar-refractivity contribution in [2.45, 2.75) is 26.3 Å². The van der Waals surface area contributed by atoms with E-state index in [4.69, 9.17) is 0 Å².